The summed E-state index contributed by atoms with van der Waals surface area (Å²) in [7, 11) is 0. The first-order valence-electron chi connectivity index (χ1n) is 4.85. The summed E-state index contributed by atoms with van der Waals surface area (Å²) < 4.78 is 2.41. The Hall–Kier alpha value is -0.570. The number of nitrogens with zero attached hydrogens (tertiary/aromatic N) is 1. The Morgan fingerprint density at radius 3 is 2.29 bits per heavy atom. The molecule has 0 spiro atoms. The van der Waals surface area contributed by atoms with Crippen LogP contribution < -0.4 is 5.56 Å². The second kappa shape index (κ2) is 4.30. The third kappa shape index (κ3) is 2.27. The van der Waals surface area contributed by atoms with Crippen molar-refractivity contribution in [1.29, 1.82) is 0 Å². The summed E-state index contributed by atoms with van der Waals surface area (Å²) in [6, 6.07) is 2.11. The van der Waals surface area contributed by atoms with Crippen LogP contribution in [0.25, 0.3) is 0 Å². The molecule has 0 aliphatic rings. The number of pyridine rings is 1. The summed E-state index contributed by atoms with van der Waals surface area (Å²) in [6.07, 6.45) is 1.95. The lowest BCUT2D eigenvalue weighted by Crippen LogP contribution is -2.22. The second-order valence-corrected chi connectivity index (χ2v) is 4.94. The Balaban J connectivity index is 3.36. The van der Waals surface area contributed by atoms with E-state index in [9.17, 15) is 4.79 Å². The van der Waals surface area contributed by atoms with Crippen LogP contribution in [-0.2, 0) is 0 Å². The monoisotopic (exact) mass is 257 g/mol. The fourth-order valence-electron chi connectivity index (χ4n) is 1.29. The lowest BCUT2D eigenvalue weighted by Gasteiger charge is -2.14. The number of aromatic nitrogens is 1. The van der Waals surface area contributed by atoms with Crippen molar-refractivity contribution in [3.63, 3.8) is 0 Å². The molecule has 0 saturated carbocycles. The highest BCUT2D eigenvalue weighted by Crippen LogP contribution is 2.17. The van der Waals surface area contributed by atoms with E-state index in [-0.39, 0.29) is 11.6 Å². The van der Waals surface area contributed by atoms with Gasteiger partial charge in [-0.2, -0.15) is 0 Å². The molecule has 0 fully saturated rings. The van der Waals surface area contributed by atoms with Crippen molar-refractivity contribution in [2.45, 2.75) is 39.7 Å². The predicted molar refractivity (Wildman–Crippen MR) is 62.9 cm³/mol. The van der Waals surface area contributed by atoms with Crippen LogP contribution in [0.3, 0.4) is 0 Å². The maximum absolute atomic E-state index is 11.7. The first-order valence-corrected chi connectivity index (χ1v) is 5.64. The molecule has 0 N–H and O–H groups in total. The zero-order valence-corrected chi connectivity index (χ0v) is 10.6. The van der Waals surface area contributed by atoms with Crippen LogP contribution in [0.4, 0.5) is 0 Å². The molecule has 78 valence electrons. The molecule has 1 aromatic rings. The van der Waals surface area contributed by atoms with Crippen molar-refractivity contribution in [3.8, 4) is 0 Å². The minimum absolute atomic E-state index is 0.0457. The molecule has 0 aliphatic carbocycles. The SMILES string of the molecule is CC(C)c1cc(Br)c(=O)n(C(C)C)c1. The van der Waals surface area contributed by atoms with Gasteiger partial charge in [-0.3, -0.25) is 4.79 Å². The maximum atomic E-state index is 11.7. The number of hydrogen-bond acceptors (Lipinski definition) is 1. The zero-order valence-electron chi connectivity index (χ0n) is 9.04. The van der Waals surface area contributed by atoms with Gasteiger partial charge in [-0.25, -0.2) is 0 Å². The van der Waals surface area contributed by atoms with Crippen molar-refractivity contribution in [2.75, 3.05) is 0 Å². The smallest absolute Gasteiger partial charge is 0.265 e. The normalized spacial score (nSPS) is 11.4. The van der Waals surface area contributed by atoms with E-state index in [1.807, 2.05) is 26.1 Å². The molecule has 0 aromatic carbocycles. The highest BCUT2D eigenvalue weighted by Gasteiger charge is 2.08. The first-order chi connectivity index (χ1) is 6.43. The second-order valence-electron chi connectivity index (χ2n) is 4.08. The van der Waals surface area contributed by atoms with E-state index in [2.05, 4.69) is 29.8 Å². The molecule has 14 heavy (non-hydrogen) atoms. The topological polar surface area (TPSA) is 22.0 Å². The third-order valence-corrected chi connectivity index (χ3v) is 2.81. The lowest BCUT2D eigenvalue weighted by atomic mass is 10.1. The van der Waals surface area contributed by atoms with Crippen LogP contribution in [0.2, 0.25) is 0 Å². The zero-order chi connectivity index (χ0) is 10.9. The highest BCUT2D eigenvalue weighted by molar-refractivity contribution is 9.10. The van der Waals surface area contributed by atoms with Crippen molar-refractivity contribution in [3.05, 3.63) is 32.7 Å². The van der Waals surface area contributed by atoms with Crippen molar-refractivity contribution >= 4 is 15.9 Å². The number of halogens is 1. The Morgan fingerprint density at radius 1 is 1.29 bits per heavy atom. The van der Waals surface area contributed by atoms with Crippen LogP contribution in [0.15, 0.2) is 21.5 Å². The van der Waals surface area contributed by atoms with Gasteiger partial charge in [-0.05, 0) is 47.3 Å². The minimum Gasteiger partial charge on any atom is -0.312 e. The summed E-state index contributed by atoms with van der Waals surface area (Å²) in [6.45, 7) is 8.27. The summed E-state index contributed by atoms with van der Waals surface area (Å²) in [4.78, 5) is 11.7. The van der Waals surface area contributed by atoms with Gasteiger partial charge in [-0.1, -0.05) is 13.8 Å². The fourth-order valence-corrected chi connectivity index (χ4v) is 1.76. The Labute approximate surface area is 93.1 Å². The van der Waals surface area contributed by atoms with Crippen molar-refractivity contribution < 1.29 is 0 Å². The van der Waals surface area contributed by atoms with Gasteiger partial charge >= 0.3 is 0 Å². The van der Waals surface area contributed by atoms with Gasteiger partial charge in [0.05, 0.1) is 4.47 Å². The summed E-state index contributed by atoms with van der Waals surface area (Å²) >= 11 is 3.30. The van der Waals surface area contributed by atoms with Crippen molar-refractivity contribution in [1.82, 2.24) is 4.57 Å². The molecule has 0 unspecified atom stereocenters. The average Bonchev–Trinajstić information content (AvgIpc) is 2.08. The van der Waals surface area contributed by atoms with Crippen molar-refractivity contribution in [2.24, 2.45) is 0 Å². The molecule has 0 atom stereocenters. The Kier molecular flexibility index (Phi) is 3.53. The average molecular weight is 258 g/mol. The van der Waals surface area contributed by atoms with Gasteiger partial charge < -0.3 is 4.57 Å². The van der Waals surface area contributed by atoms with E-state index in [0.717, 1.165) is 0 Å². The maximum Gasteiger partial charge on any atom is 0.265 e. The van der Waals surface area contributed by atoms with Gasteiger partial charge in [0.1, 0.15) is 0 Å². The largest absolute Gasteiger partial charge is 0.312 e. The molecule has 1 aromatic heterocycles. The van der Waals surface area contributed by atoms with E-state index in [0.29, 0.717) is 10.4 Å². The lowest BCUT2D eigenvalue weighted by molar-refractivity contribution is 0.569. The quantitative estimate of drug-likeness (QED) is 0.797. The molecule has 0 radical (unpaired) electrons. The molecule has 0 amide bonds. The Bertz CT molecular complexity index is 379. The van der Waals surface area contributed by atoms with Crippen LogP contribution >= 0.6 is 15.9 Å². The molecule has 0 aliphatic heterocycles. The summed E-state index contributed by atoms with van der Waals surface area (Å²) in [5, 5.41) is 0. The molecular formula is C11H16BrNO. The van der Waals surface area contributed by atoms with Gasteiger partial charge in [0, 0.05) is 12.2 Å². The van der Waals surface area contributed by atoms with Crippen LogP contribution in [0.5, 0.6) is 0 Å². The van der Waals surface area contributed by atoms with E-state index < -0.39 is 0 Å². The predicted octanol–water partition coefficient (Wildman–Crippen LogP) is 3.32. The minimum atomic E-state index is 0.0457. The van der Waals surface area contributed by atoms with Crippen LogP contribution in [-0.4, -0.2) is 4.57 Å². The molecule has 1 rings (SSSR count). The van der Waals surface area contributed by atoms with Gasteiger partial charge in [0.2, 0.25) is 0 Å². The molecule has 2 nitrogen and oxygen atoms in total. The van der Waals surface area contributed by atoms with Gasteiger partial charge in [0.25, 0.3) is 5.56 Å². The summed E-state index contributed by atoms with van der Waals surface area (Å²) in [5.74, 6) is 0.442. The number of rotatable bonds is 2. The third-order valence-electron chi connectivity index (χ3n) is 2.24. The first kappa shape index (κ1) is 11.5. The van der Waals surface area contributed by atoms with Gasteiger partial charge in [0.15, 0.2) is 0 Å². The Morgan fingerprint density at radius 2 is 1.86 bits per heavy atom. The molecule has 1 heterocycles. The van der Waals surface area contributed by atoms with E-state index >= 15 is 0 Å². The van der Waals surface area contributed by atoms with Gasteiger partial charge in [-0.15, -0.1) is 0 Å². The number of hydrogen-bond donors (Lipinski definition) is 0. The summed E-state index contributed by atoms with van der Waals surface area (Å²) in [5.41, 5.74) is 1.23. The highest BCUT2D eigenvalue weighted by atomic mass is 79.9. The van der Waals surface area contributed by atoms with E-state index in [4.69, 9.17) is 0 Å². The van der Waals surface area contributed by atoms with Crippen LogP contribution in [0, 0.1) is 0 Å². The molecule has 3 heteroatoms. The standard InChI is InChI=1S/C11H16BrNO/c1-7(2)9-5-10(12)11(14)13(6-9)8(3)4/h5-8H,1-4H3. The van der Waals surface area contributed by atoms with E-state index in [1.54, 1.807) is 4.57 Å². The molecule has 0 saturated heterocycles. The molecule has 0 bridgehead atoms. The van der Waals surface area contributed by atoms with Crippen LogP contribution in [0.1, 0.15) is 45.2 Å². The van der Waals surface area contributed by atoms with E-state index in [1.165, 1.54) is 5.56 Å². The fraction of sp³-hybridized carbons (Fsp3) is 0.545. The molecular weight excluding hydrogens is 242 g/mol.